The third kappa shape index (κ3) is 5.85. The zero-order chi connectivity index (χ0) is 12.5. The molecule has 1 atom stereocenters. The fourth-order valence-electron chi connectivity index (χ4n) is 2.13. The Bertz CT molecular complexity index is 312. The maximum Gasteiger partial charge on any atom is 0.0469 e. The smallest absolute Gasteiger partial charge is 0.0469 e. The lowest BCUT2D eigenvalue weighted by atomic mass is 9.95. The van der Waals surface area contributed by atoms with Gasteiger partial charge in [-0.1, -0.05) is 29.8 Å². The van der Waals surface area contributed by atoms with Gasteiger partial charge in [-0.15, -0.1) is 0 Å². The molecule has 0 aliphatic carbocycles. The summed E-state index contributed by atoms with van der Waals surface area (Å²) in [6, 6.07) is 8.79. The van der Waals surface area contributed by atoms with E-state index in [-0.39, 0.29) is 0 Å². The fraction of sp³-hybridized carbons (Fsp3) is 0.600. The van der Waals surface area contributed by atoms with Gasteiger partial charge in [0.05, 0.1) is 0 Å². The van der Waals surface area contributed by atoms with Crippen molar-refractivity contribution in [1.82, 2.24) is 5.32 Å². The van der Waals surface area contributed by atoms with Gasteiger partial charge in [-0.3, -0.25) is 0 Å². The van der Waals surface area contributed by atoms with Crippen molar-refractivity contribution in [2.24, 2.45) is 5.92 Å². The lowest BCUT2D eigenvalue weighted by Crippen LogP contribution is -2.22. The molecular formula is C15H25NO. The SMILES string of the molecule is CCOCCC(CNC)Cc1cccc(C)c1. The Morgan fingerprint density at radius 2 is 2.18 bits per heavy atom. The molecule has 0 bridgehead atoms. The maximum atomic E-state index is 5.44. The molecule has 0 aliphatic heterocycles. The van der Waals surface area contributed by atoms with E-state index in [9.17, 15) is 0 Å². The molecule has 1 aromatic rings. The number of ether oxygens (including phenoxy) is 1. The van der Waals surface area contributed by atoms with E-state index in [4.69, 9.17) is 4.74 Å². The van der Waals surface area contributed by atoms with E-state index < -0.39 is 0 Å². The summed E-state index contributed by atoms with van der Waals surface area (Å²) in [7, 11) is 2.02. The number of hydrogen-bond acceptors (Lipinski definition) is 2. The molecule has 2 heteroatoms. The van der Waals surface area contributed by atoms with E-state index in [0.29, 0.717) is 5.92 Å². The summed E-state index contributed by atoms with van der Waals surface area (Å²) < 4.78 is 5.44. The molecule has 1 aromatic carbocycles. The largest absolute Gasteiger partial charge is 0.382 e. The highest BCUT2D eigenvalue weighted by molar-refractivity contribution is 5.22. The summed E-state index contributed by atoms with van der Waals surface area (Å²) in [5, 5.41) is 3.27. The summed E-state index contributed by atoms with van der Waals surface area (Å²) >= 11 is 0. The predicted molar refractivity (Wildman–Crippen MR) is 73.4 cm³/mol. The monoisotopic (exact) mass is 235 g/mol. The van der Waals surface area contributed by atoms with E-state index in [1.54, 1.807) is 0 Å². The Kier molecular flexibility index (Phi) is 6.90. The van der Waals surface area contributed by atoms with Gasteiger partial charge in [0.15, 0.2) is 0 Å². The first-order valence-corrected chi connectivity index (χ1v) is 6.54. The van der Waals surface area contributed by atoms with Gasteiger partial charge >= 0.3 is 0 Å². The van der Waals surface area contributed by atoms with E-state index in [1.807, 2.05) is 14.0 Å². The van der Waals surface area contributed by atoms with Crippen LogP contribution in [0.1, 0.15) is 24.5 Å². The molecule has 0 fully saturated rings. The van der Waals surface area contributed by atoms with Crippen LogP contribution in [0.2, 0.25) is 0 Å². The van der Waals surface area contributed by atoms with Gasteiger partial charge in [-0.05, 0) is 51.8 Å². The topological polar surface area (TPSA) is 21.3 Å². The van der Waals surface area contributed by atoms with E-state index in [1.165, 1.54) is 11.1 Å². The highest BCUT2D eigenvalue weighted by Gasteiger charge is 2.08. The van der Waals surface area contributed by atoms with Crippen molar-refractivity contribution in [1.29, 1.82) is 0 Å². The third-order valence-corrected chi connectivity index (χ3v) is 2.97. The number of hydrogen-bond donors (Lipinski definition) is 1. The molecule has 1 unspecified atom stereocenters. The first kappa shape index (κ1) is 14.2. The predicted octanol–water partition coefficient (Wildman–Crippen LogP) is 2.80. The molecule has 1 N–H and O–H groups in total. The van der Waals surface area contributed by atoms with Crippen molar-refractivity contribution in [2.45, 2.75) is 26.7 Å². The first-order valence-electron chi connectivity index (χ1n) is 6.54. The summed E-state index contributed by atoms with van der Waals surface area (Å²) in [6.07, 6.45) is 2.26. The number of rotatable bonds is 8. The molecule has 0 spiro atoms. The van der Waals surface area contributed by atoms with Crippen LogP contribution in [0.15, 0.2) is 24.3 Å². The zero-order valence-corrected chi connectivity index (χ0v) is 11.3. The van der Waals surface area contributed by atoms with Crippen LogP contribution in [0.3, 0.4) is 0 Å². The van der Waals surface area contributed by atoms with Gasteiger partial charge in [0, 0.05) is 13.2 Å². The second-order valence-corrected chi connectivity index (χ2v) is 4.60. The van der Waals surface area contributed by atoms with E-state index >= 15 is 0 Å². The van der Waals surface area contributed by atoms with Crippen molar-refractivity contribution < 1.29 is 4.74 Å². The van der Waals surface area contributed by atoms with Gasteiger partial charge < -0.3 is 10.1 Å². The Morgan fingerprint density at radius 1 is 1.35 bits per heavy atom. The van der Waals surface area contributed by atoms with E-state index in [0.717, 1.165) is 32.6 Å². The average molecular weight is 235 g/mol. The Balaban J connectivity index is 2.47. The molecule has 0 aromatic heterocycles. The Hall–Kier alpha value is -0.860. The normalized spacial score (nSPS) is 12.6. The van der Waals surface area contributed by atoms with Crippen molar-refractivity contribution in [3.05, 3.63) is 35.4 Å². The van der Waals surface area contributed by atoms with Crippen molar-refractivity contribution in [3.8, 4) is 0 Å². The van der Waals surface area contributed by atoms with Crippen LogP contribution in [0.4, 0.5) is 0 Å². The second-order valence-electron chi connectivity index (χ2n) is 4.60. The van der Waals surface area contributed by atoms with Crippen LogP contribution in [0.5, 0.6) is 0 Å². The molecule has 0 radical (unpaired) electrons. The fourth-order valence-corrected chi connectivity index (χ4v) is 2.13. The molecule has 0 saturated carbocycles. The van der Waals surface area contributed by atoms with Crippen molar-refractivity contribution >= 4 is 0 Å². The average Bonchev–Trinajstić information content (AvgIpc) is 2.29. The van der Waals surface area contributed by atoms with E-state index in [2.05, 4.69) is 36.5 Å². The summed E-state index contributed by atoms with van der Waals surface area (Å²) in [5.41, 5.74) is 2.78. The molecule has 0 heterocycles. The summed E-state index contributed by atoms with van der Waals surface area (Å²) in [4.78, 5) is 0. The Labute approximate surface area is 105 Å². The summed E-state index contributed by atoms with van der Waals surface area (Å²) in [6.45, 7) is 6.94. The van der Waals surface area contributed by atoms with Gasteiger partial charge in [0.2, 0.25) is 0 Å². The van der Waals surface area contributed by atoms with Crippen LogP contribution in [-0.2, 0) is 11.2 Å². The lowest BCUT2D eigenvalue weighted by Gasteiger charge is -2.16. The zero-order valence-electron chi connectivity index (χ0n) is 11.3. The molecule has 0 amide bonds. The van der Waals surface area contributed by atoms with Crippen LogP contribution >= 0.6 is 0 Å². The summed E-state index contributed by atoms with van der Waals surface area (Å²) in [5.74, 6) is 0.661. The highest BCUT2D eigenvalue weighted by atomic mass is 16.5. The molecule has 2 nitrogen and oxygen atoms in total. The van der Waals surface area contributed by atoms with Crippen molar-refractivity contribution in [3.63, 3.8) is 0 Å². The molecule has 0 saturated heterocycles. The standard InChI is InChI=1S/C15H25NO/c1-4-17-9-8-15(12-16-3)11-14-7-5-6-13(2)10-14/h5-7,10,15-16H,4,8-9,11-12H2,1-3H3. The van der Waals surface area contributed by atoms with Crippen molar-refractivity contribution in [2.75, 3.05) is 26.8 Å². The minimum Gasteiger partial charge on any atom is -0.382 e. The first-order chi connectivity index (χ1) is 8.26. The number of benzene rings is 1. The molecule has 17 heavy (non-hydrogen) atoms. The van der Waals surface area contributed by atoms with Gasteiger partial charge in [0.25, 0.3) is 0 Å². The van der Waals surface area contributed by atoms with Gasteiger partial charge in [-0.25, -0.2) is 0 Å². The number of nitrogens with one attached hydrogen (secondary N) is 1. The quantitative estimate of drug-likeness (QED) is 0.700. The van der Waals surface area contributed by atoms with Gasteiger partial charge in [0.1, 0.15) is 0 Å². The third-order valence-electron chi connectivity index (χ3n) is 2.97. The van der Waals surface area contributed by atoms with Gasteiger partial charge in [-0.2, -0.15) is 0 Å². The second kappa shape index (κ2) is 8.26. The molecular weight excluding hydrogens is 210 g/mol. The maximum absolute atomic E-state index is 5.44. The molecule has 1 rings (SSSR count). The minimum absolute atomic E-state index is 0.661. The van der Waals surface area contributed by atoms with Crippen LogP contribution in [0.25, 0.3) is 0 Å². The Morgan fingerprint density at radius 3 is 2.82 bits per heavy atom. The molecule has 0 aliphatic rings. The highest BCUT2D eigenvalue weighted by Crippen LogP contribution is 2.13. The minimum atomic E-state index is 0.661. The molecule has 96 valence electrons. The van der Waals surface area contributed by atoms with Crippen LogP contribution in [0, 0.1) is 12.8 Å². The number of aryl methyl sites for hydroxylation is 1. The van der Waals surface area contributed by atoms with Crippen LogP contribution < -0.4 is 5.32 Å². The van der Waals surface area contributed by atoms with Crippen LogP contribution in [-0.4, -0.2) is 26.8 Å². The lowest BCUT2D eigenvalue weighted by molar-refractivity contribution is 0.132.